The van der Waals surface area contributed by atoms with Gasteiger partial charge in [0, 0.05) is 63.0 Å². The van der Waals surface area contributed by atoms with Crippen LogP contribution in [0.1, 0.15) is 0 Å². The first-order valence-electron chi connectivity index (χ1n) is 17.1. The van der Waals surface area contributed by atoms with Gasteiger partial charge in [-0.3, -0.25) is 19.9 Å². The van der Waals surface area contributed by atoms with Crippen LogP contribution < -0.4 is 0 Å². The van der Waals surface area contributed by atoms with Crippen LogP contribution in [0.4, 0.5) is 4.39 Å². The van der Waals surface area contributed by atoms with Gasteiger partial charge in [-0.2, -0.15) is 0 Å². The molecule has 0 saturated heterocycles. The highest BCUT2D eigenvalue weighted by molar-refractivity contribution is 6.09. The van der Waals surface area contributed by atoms with Crippen molar-refractivity contribution in [2.45, 2.75) is 0 Å². The summed E-state index contributed by atoms with van der Waals surface area (Å²) < 4.78 is 14.0. The van der Waals surface area contributed by atoms with Crippen molar-refractivity contribution in [3.63, 3.8) is 0 Å². The highest BCUT2D eigenvalue weighted by atomic mass is 19.1. The lowest BCUT2D eigenvalue weighted by atomic mass is 9.98. The molecule has 10 rings (SSSR count). The summed E-state index contributed by atoms with van der Waals surface area (Å²) in [6.07, 6.45) is 7.23. The minimum Gasteiger partial charge on any atom is -0.254 e. The SMILES string of the molecule is Fc1ccc(-c2nc(-c3cccc(-c4ccnc5c4ccc4cccnc45)c3)nc(-c3cccc(-c4ccnc5c4ccc4cccnc45)c3)n2)cc1. The van der Waals surface area contributed by atoms with Crippen molar-refractivity contribution in [1.82, 2.24) is 34.9 Å². The summed E-state index contributed by atoms with van der Waals surface area (Å²) in [5.74, 6) is 1.11. The Kier molecular flexibility index (Phi) is 7.18. The molecule has 0 aliphatic heterocycles. The fourth-order valence-corrected chi connectivity index (χ4v) is 7.02. The number of rotatable bonds is 5. The van der Waals surface area contributed by atoms with Crippen LogP contribution in [0.15, 0.2) is 158 Å². The number of halogens is 1. The Balaban J connectivity index is 1.12. The maximum atomic E-state index is 14.0. The second kappa shape index (κ2) is 12.5. The number of hydrogen-bond acceptors (Lipinski definition) is 7. The van der Waals surface area contributed by atoms with Gasteiger partial charge in [0.05, 0.1) is 22.1 Å². The largest absolute Gasteiger partial charge is 0.254 e. The molecule has 0 N–H and O–H groups in total. The van der Waals surface area contributed by atoms with E-state index in [9.17, 15) is 4.39 Å². The molecule has 0 amide bonds. The zero-order valence-corrected chi connectivity index (χ0v) is 28.0. The minimum atomic E-state index is -0.330. The molecule has 53 heavy (non-hydrogen) atoms. The molecule has 0 spiro atoms. The zero-order valence-electron chi connectivity index (χ0n) is 28.0. The summed E-state index contributed by atoms with van der Waals surface area (Å²) in [4.78, 5) is 33.6. The second-order valence-corrected chi connectivity index (χ2v) is 12.8. The molecule has 0 radical (unpaired) electrons. The van der Waals surface area contributed by atoms with Crippen molar-refractivity contribution in [3.8, 4) is 56.4 Å². The highest BCUT2D eigenvalue weighted by Gasteiger charge is 2.16. The van der Waals surface area contributed by atoms with Gasteiger partial charge in [0.2, 0.25) is 0 Å². The van der Waals surface area contributed by atoms with Crippen molar-refractivity contribution < 1.29 is 4.39 Å². The van der Waals surface area contributed by atoms with E-state index in [4.69, 9.17) is 24.9 Å². The van der Waals surface area contributed by atoms with E-state index in [1.165, 1.54) is 12.1 Å². The molecule has 7 nitrogen and oxygen atoms in total. The van der Waals surface area contributed by atoms with Crippen molar-refractivity contribution in [2.24, 2.45) is 0 Å². The first-order chi connectivity index (χ1) is 26.2. The smallest absolute Gasteiger partial charge is 0.164 e. The van der Waals surface area contributed by atoms with E-state index in [0.29, 0.717) is 23.0 Å². The van der Waals surface area contributed by atoms with Gasteiger partial charge in [-0.05, 0) is 82.9 Å². The van der Waals surface area contributed by atoms with Crippen LogP contribution >= 0.6 is 0 Å². The van der Waals surface area contributed by atoms with Gasteiger partial charge >= 0.3 is 0 Å². The van der Waals surface area contributed by atoms with Gasteiger partial charge in [0.1, 0.15) is 5.82 Å². The fraction of sp³-hybridized carbons (Fsp3) is 0. The molecular formula is C45H26FN7. The standard InChI is InChI=1S/C45H26FN7/c46-34-15-11-29(12-16-34)43-51-44(32-7-1-5-30(25-32)35-19-23-49-41-37(35)17-13-27-9-3-21-47-39(27)41)53-45(52-43)33-8-2-6-31(26-33)36-20-24-50-42-38(36)18-14-28-10-4-22-48-40(28)42/h1-26H. The lowest BCUT2D eigenvalue weighted by molar-refractivity contribution is 0.628. The number of benzene rings is 5. The summed E-state index contributed by atoms with van der Waals surface area (Å²) in [7, 11) is 0. The Morgan fingerprint density at radius 3 is 1.30 bits per heavy atom. The molecule has 5 aromatic carbocycles. The molecule has 0 aliphatic rings. The van der Waals surface area contributed by atoms with Crippen molar-refractivity contribution in [1.29, 1.82) is 0 Å². The summed E-state index contributed by atoms with van der Waals surface area (Å²) in [6, 6.07) is 42.9. The van der Waals surface area contributed by atoms with Crippen LogP contribution in [-0.4, -0.2) is 34.9 Å². The van der Waals surface area contributed by atoms with E-state index in [2.05, 4.69) is 58.5 Å². The van der Waals surface area contributed by atoms with Crippen LogP contribution in [0.3, 0.4) is 0 Å². The Hall–Kier alpha value is -7.32. The maximum Gasteiger partial charge on any atom is 0.164 e. The summed E-state index contributed by atoms with van der Waals surface area (Å²) >= 11 is 0. The lowest BCUT2D eigenvalue weighted by Crippen LogP contribution is -2.00. The van der Waals surface area contributed by atoms with E-state index in [-0.39, 0.29) is 5.82 Å². The van der Waals surface area contributed by atoms with Crippen LogP contribution in [-0.2, 0) is 0 Å². The number of pyridine rings is 4. The van der Waals surface area contributed by atoms with Crippen LogP contribution in [0.5, 0.6) is 0 Å². The van der Waals surface area contributed by atoms with Gasteiger partial charge in [-0.25, -0.2) is 19.3 Å². The molecular weight excluding hydrogens is 658 g/mol. The molecule has 0 aliphatic carbocycles. The van der Waals surface area contributed by atoms with Gasteiger partial charge < -0.3 is 0 Å². The molecule has 0 unspecified atom stereocenters. The summed E-state index contributed by atoms with van der Waals surface area (Å²) in [5, 5.41) is 4.08. The van der Waals surface area contributed by atoms with E-state index in [1.807, 2.05) is 73.1 Å². The van der Waals surface area contributed by atoms with E-state index < -0.39 is 0 Å². The van der Waals surface area contributed by atoms with Gasteiger partial charge in [-0.1, -0.05) is 72.8 Å². The topological polar surface area (TPSA) is 90.2 Å². The van der Waals surface area contributed by atoms with Crippen molar-refractivity contribution in [3.05, 3.63) is 164 Å². The Morgan fingerprint density at radius 2 is 0.792 bits per heavy atom. The molecule has 248 valence electrons. The number of aromatic nitrogens is 7. The summed E-state index contributed by atoms with van der Waals surface area (Å²) in [6.45, 7) is 0. The van der Waals surface area contributed by atoms with E-state index in [1.54, 1.807) is 24.5 Å². The lowest BCUT2D eigenvalue weighted by Gasteiger charge is -2.12. The summed E-state index contributed by atoms with van der Waals surface area (Å²) in [5.41, 5.74) is 9.76. The normalized spacial score (nSPS) is 11.5. The molecule has 5 heterocycles. The van der Waals surface area contributed by atoms with Gasteiger partial charge in [0.25, 0.3) is 0 Å². The Morgan fingerprint density at radius 1 is 0.340 bits per heavy atom. The number of fused-ring (bicyclic) bond motifs is 6. The predicted molar refractivity (Wildman–Crippen MR) is 208 cm³/mol. The van der Waals surface area contributed by atoms with Crippen LogP contribution in [0.25, 0.3) is 100 Å². The third kappa shape index (κ3) is 5.41. The first kappa shape index (κ1) is 30.5. The Bertz CT molecular complexity index is 2860. The fourth-order valence-electron chi connectivity index (χ4n) is 7.02. The van der Waals surface area contributed by atoms with Crippen LogP contribution in [0, 0.1) is 5.82 Å². The molecule has 5 aromatic heterocycles. The molecule has 0 bridgehead atoms. The van der Waals surface area contributed by atoms with Gasteiger partial charge in [-0.15, -0.1) is 0 Å². The third-order valence-electron chi connectivity index (χ3n) is 9.57. The van der Waals surface area contributed by atoms with Crippen molar-refractivity contribution >= 4 is 43.6 Å². The maximum absolute atomic E-state index is 14.0. The average molecular weight is 684 g/mol. The number of nitrogens with zero attached hydrogens (tertiary/aromatic N) is 7. The monoisotopic (exact) mass is 683 g/mol. The van der Waals surface area contributed by atoms with Gasteiger partial charge in [0.15, 0.2) is 17.5 Å². The van der Waals surface area contributed by atoms with Crippen molar-refractivity contribution in [2.75, 3.05) is 0 Å². The zero-order chi connectivity index (χ0) is 35.3. The molecule has 0 atom stereocenters. The van der Waals surface area contributed by atoms with E-state index in [0.717, 1.165) is 77.0 Å². The van der Waals surface area contributed by atoms with Crippen LogP contribution in [0.2, 0.25) is 0 Å². The minimum absolute atomic E-state index is 0.330. The molecule has 10 aromatic rings. The first-order valence-corrected chi connectivity index (χ1v) is 17.1. The Labute approximate surface area is 302 Å². The highest BCUT2D eigenvalue weighted by Crippen LogP contribution is 2.35. The second-order valence-electron chi connectivity index (χ2n) is 12.8. The quantitative estimate of drug-likeness (QED) is 0.167. The average Bonchev–Trinajstić information content (AvgIpc) is 3.23. The molecule has 0 fully saturated rings. The van der Waals surface area contributed by atoms with E-state index >= 15 is 0 Å². The molecule has 8 heteroatoms. The third-order valence-corrected chi connectivity index (χ3v) is 9.57. The molecule has 0 saturated carbocycles. The predicted octanol–water partition coefficient (Wildman–Crippen LogP) is 10.5. The number of hydrogen-bond donors (Lipinski definition) is 0.